The summed E-state index contributed by atoms with van der Waals surface area (Å²) < 4.78 is 22.0. The van der Waals surface area contributed by atoms with Crippen molar-refractivity contribution in [3.05, 3.63) is 0 Å². The van der Waals surface area contributed by atoms with Crippen LogP contribution in [0.4, 0.5) is 9.59 Å². The molecule has 0 aromatic rings. The lowest BCUT2D eigenvalue weighted by atomic mass is 9.68. The first-order valence-corrected chi connectivity index (χ1v) is 13.7. The summed E-state index contributed by atoms with van der Waals surface area (Å²) in [6, 6.07) is 0. The smallest absolute Gasteiger partial charge is 0.410 e. The Kier molecular flexibility index (Phi) is 8.60. The summed E-state index contributed by atoms with van der Waals surface area (Å²) in [5.41, 5.74) is -0.577. The molecule has 4 fully saturated rings. The van der Waals surface area contributed by atoms with Crippen LogP contribution in [0.3, 0.4) is 0 Å². The highest BCUT2D eigenvalue weighted by Gasteiger charge is 2.50. The van der Waals surface area contributed by atoms with E-state index >= 15 is 0 Å². The predicted molar refractivity (Wildman–Crippen MR) is 139 cm³/mol. The Bertz CT molecular complexity index is 824. The Morgan fingerprint density at radius 1 is 0.919 bits per heavy atom. The summed E-state index contributed by atoms with van der Waals surface area (Å²) in [6.45, 7) is 17.5. The molecule has 2 saturated carbocycles. The van der Waals surface area contributed by atoms with E-state index in [0.29, 0.717) is 25.2 Å². The van der Waals surface area contributed by atoms with E-state index in [2.05, 4.69) is 12.2 Å². The van der Waals surface area contributed by atoms with Gasteiger partial charge in [-0.2, -0.15) is 0 Å². The van der Waals surface area contributed by atoms with Crippen LogP contribution in [0.2, 0.25) is 0 Å². The molecule has 212 valence electrons. The second-order valence-corrected chi connectivity index (χ2v) is 13.8. The topological polar surface area (TPSA) is 103 Å². The van der Waals surface area contributed by atoms with Gasteiger partial charge >= 0.3 is 12.2 Å². The molecule has 0 aromatic heterocycles. The van der Waals surface area contributed by atoms with Gasteiger partial charge in [-0.25, -0.2) is 9.59 Å². The highest BCUT2D eigenvalue weighted by atomic mass is 16.9. The molecular weight excluding hydrogens is 476 g/mol. The summed E-state index contributed by atoms with van der Waals surface area (Å²) in [6.07, 6.45) is 6.35. The zero-order valence-corrected chi connectivity index (χ0v) is 24.2. The fraction of sp³-hybridized carbons (Fsp3) is 0.893. The van der Waals surface area contributed by atoms with Crippen LogP contribution in [-0.2, 0) is 23.7 Å². The summed E-state index contributed by atoms with van der Waals surface area (Å²) in [5, 5.41) is 2.88. The molecule has 2 saturated heterocycles. The summed E-state index contributed by atoms with van der Waals surface area (Å²) in [7, 11) is 0. The van der Waals surface area contributed by atoms with Crippen molar-refractivity contribution >= 4 is 18.0 Å². The van der Waals surface area contributed by atoms with E-state index in [0.717, 1.165) is 51.6 Å². The van der Waals surface area contributed by atoms with Gasteiger partial charge in [0.1, 0.15) is 17.0 Å². The Morgan fingerprint density at radius 2 is 1.43 bits per heavy atom. The first kappa shape index (κ1) is 29.7. The number of nitrogens with one attached hydrogen (secondary N) is 1. The van der Waals surface area contributed by atoms with Gasteiger partial charge < -0.3 is 29.2 Å². The lowest BCUT2D eigenvalue weighted by Crippen LogP contribution is -2.60. The highest BCUT2D eigenvalue weighted by molar-refractivity contribution is 5.79. The highest BCUT2D eigenvalue weighted by Crippen LogP contribution is 2.47. The summed E-state index contributed by atoms with van der Waals surface area (Å²) in [4.78, 5) is 36.4. The van der Waals surface area contributed by atoms with E-state index in [1.807, 2.05) is 48.5 Å². The van der Waals surface area contributed by atoms with E-state index in [-0.39, 0.29) is 35.1 Å². The van der Waals surface area contributed by atoms with Crippen LogP contribution in [0.1, 0.15) is 107 Å². The van der Waals surface area contributed by atoms with E-state index in [4.69, 9.17) is 18.9 Å². The van der Waals surface area contributed by atoms with E-state index in [9.17, 15) is 14.4 Å². The van der Waals surface area contributed by atoms with Crippen molar-refractivity contribution in [1.82, 2.24) is 10.2 Å². The van der Waals surface area contributed by atoms with Crippen LogP contribution in [0.15, 0.2) is 0 Å². The minimum absolute atomic E-state index is 0.0701. The van der Waals surface area contributed by atoms with E-state index in [1.54, 1.807) is 4.90 Å². The molecular formula is C28H48N2O7. The molecule has 0 atom stereocenters. The molecule has 2 heterocycles. The monoisotopic (exact) mass is 524 g/mol. The largest absolute Gasteiger partial charge is 0.444 e. The molecule has 0 unspecified atom stereocenters. The number of carbonyl (C=O) groups is 3. The number of hydrogen-bond acceptors (Lipinski definition) is 7. The summed E-state index contributed by atoms with van der Waals surface area (Å²) >= 11 is 0. The van der Waals surface area contributed by atoms with Gasteiger partial charge in [-0.3, -0.25) is 4.79 Å². The van der Waals surface area contributed by atoms with Gasteiger partial charge in [0.15, 0.2) is 12.1 Å². The van der Waals surface area contributed by atoms with Gasteiger partial charge in [-0.05, 0) is 79.6 Å². The third-order valence-corrected chi connectivity index (χ3v) is 7.61. The lowest BCUT2D eigenvalue weighted by molar-refractivity contribution is -0.456. The average Bonchev–Trinajstić information content (AvgIpc) is 2.71. The third-order valence-electron chi connectivity index (χ3n) is 7.61. The molecule has 2 spiro atoms. The zero-order chi connectivity index (χ0) is 27.7. The Hall–Kier alpha value is -1.87. The number of ketones is 1. The number of alkyl carbamates (subject to hydrolysis) is 1. The number of rotatable bonds is 2. The maximum atomic E-state index is 11.8. The first-order valence-electron chi connectivity index (χ1n) is 13.7. The predicted octanol–water partition coefficient (Wildman–Crippen LogP) is 5.55. The SMILES string of the molecule is CC(C)(C)OC(=O)N1CC2(CCC(=O)CC2)C1.CC1OC2(CCC(C)(CNC(=O)OC(C)(C)C)CC2)O1. The quantitative estimate of drug-likeness (QED) is 0.505. The molecule has 4 aliphatic rings. The number of amides is 2. The van der Waals surface area contributed by atoms with Crippen molar-refractivity contribution in [2.24, 2.45) is 10.8 Å². The van der Waals surface area contributed by atoms with Gasteiger partial charge in [0, 0.05) is 50.7 Å². The fourth-order valence-electron chi connectivity index (χ4n) is 5.45. The molecule has 37 heavy (non-hydrogen) atoms. The van der Waals surface area contributed by atoms with Crippen LogP contribution in [0.5, 0.6) is 0 Å². The molecule has 9 nitrogen and oxygen atoms in total. The molecule has 9 heteroatoms. The van der Waals surface area contributed by atoms with E-state index < -0.39 is 11.2 Å². The number of nitrogens with zero attached hydrogens (tertiary/aromatic N) is 1. The van der Waals surface area contributed by atoms with Gasteiger partial charge in [0.25, 0.3) is 0 Å². The molecule has 4 rings (SSSR count). The van der Waals surface area contributed by atoms with E-state index in [1.165, 1.54) is 0 Å². The zero-order valence-electron chi connectivity index (χ0n) is 24.2. The minimum Gasteiger partial charge on any atom is -0.444 e. The van der Waals surface area contributed by atoms with Crippen LogP contribution in [0, 0.1) is 10.8 Å². The van der Waals surface area contributed by atoms with Crippen LogP contribution in [-0.4, -0.2) is 65.8 Å². The van der Waals surface area contributed by atoms with Crippen molar-refractivity contribution in [1.29, 1.82) is 0 Å². The molecule has 2 aliphatic heterocycles. The standard InChI is InChI=1S/C15H27NO4.C13H21NO3/c1-11-18-15(19-11)8-6-14(5,7-9-15)10-16-12(17)20-13(2,3)4;1-12(2,3)17-11(16)14-8-13(9-14)6-4-10(15)5-7-13/h11H,6-10H2,1-5H3,(H,16,17);4-9H2,1-3H3. The Balaban J connectivity index is 0.000000208. The van der Waals surface area contributed by atoms with Gasteiger partial charge in [-0.15, -0.1) is 0 Å². The number of hydrogen-bond donors (Lipinski definition) is 1. The number of likely N-dealkylation sites (tertiary alicyclic amines) is 1. The Morgan fingerprint density at radius 3 is 1.89 bits per heavy atom. The number of ether oxygens (including phenoxy) is 4. The molecule has 0 radical (unpaired) electrons. The van der Waals surface area contributed by atoms with Crippen molar-refractivity contribution in [2.75, 3.05) is 19.6 Å². The van der Waals surface area contributed by atoms with Crippen LogP contribution in [0.25, 0.3) is 0 Å². The van der Waals surface area contributed by atoms with Gasteiger partial charge in [0.05, 0.1) is 0 Å². The third kappa shape index (κ3) is 8.57. The number of Topliss-reactive ketones (excluding diaryl/α,β-unsaturated/α-hetero) is 1. The van der Waals surface area contributed by atoms with Crippen molar-refractivity contribution in [2.45, 2.75) is 130 Å². The maximum absolute atomic E-state index is 11.8. The first-order chi connectivity index (χ1) is 16.9. The molecule has 0 aromatic carbocycles. The summed E-state index contributed by atoms with van der Waals surface area (Å²) in [5.74, 6) is 0.0246. The second kappa shape index (κ2) is 10.7. The fourth-order valence-corrected chi connectivity index (χ4v) is 5.45. The molecule has 2 aliphatic carbocycles. The second-order valence-electron chi connectivity index (χ2n) is 13.8. The van der Waals surface area contributed by atoms with Crippen LogP contribution < -0.4 is 5.32 Å². The van der Waals surface area contributed by atoms with Crippen molar-refractivity contribution < 1.29 is 33.3 Å². The lowest BCUT2D eigenvalue weighted by Gasteiger charge is -2.52. The van der Waals surface area contributed by atoms with Crippen LogP contribution >= 0.6 is 0 Å². The van der Waals surface area contributed by atoms with Crippen molar-refractivity contribution in [3.8, 4) is 0 Å². The van der Waals surface area contributed by atoms with Crippen molar-refractivity contribution in [3.63, 3.8) is 0 Å². The number of carbonyl (C=O) groups excluding carboxylic acids is 3. The Labute approximate surface area is 222 Å². The van der Waals surface area contributed by atoms with Gasteiger partial charge in [-0.1, -0.05) is 6.92 Å². The molecule has 1 N–H and O–H groups in total. The van der Waals surface area contributed by atoms with Gasteiger partial charge in [0.2, 0.25) is 0 Å². The average molecular weight is 525 g/mol. The normalized spacial score (nSPS) is 31.0. The molecule has 0 bridgehead atoms. The molecule has 2 amide bonds. The minimum atomic E-state index is -0.453. The maximum Gasteiger partial charge on any atom is 0.410 e.